The van der Waals surface area contributed by atoms with Crippen LogP contribution >= 0.6 is 0 Å². The normalized spacial score (nSPS) is 10.6. The maximum absolute atomic E-state index is 12.9. The Morgan fingerprint density at radius 2 is 2.06 bits per heavy atom. The zero-order valence-corrected chi connectivity index (χ0v) is 9.90. The number of aromatic nitrogens is 1. The van der Waals surface area contributed by atoms with E-state index in [0.29, 0.717) is 0 Å². The van der Waals surface area contributed by atoms with Crippen LogP contribution in [0.5, 0.6) is 0 Å². The van der Waals surface area contributed by atoms with E-state index in [9.17, 15) is 9.18 Å². The lowest BCUT2D eigenvalue weighted by atomic mass is 10.1. The van der Waals surface area contributed by atoms with E-state index in [2.05, 4.69) is 4.98 Å². The lowest BCUT2D eigenvalue weighted by Gasteiger charge is -2.25. The number of rotatable bonds is 4. The fraction of sp³-hybridized carbons (Fsp3) is 0.500. The van der Waals surface area contributed by atoms with Crippen LogP contribution in [0.25, 0.3) is 0 Å². The highest BCUT2D eigenvalue weighted by molar-refractivity contribution is 5.92. The Labute approximate surface area is 95.3 Å². The van der Waals surface area contributed by atoms with Crippen LogP contribution in [0, 0.1) is 5.95 Å². The Morgan fingerprint density at radius 1 is 1.44 bits per heavy atom. The van der Waals surface area contributed by atoms with Crippen LogP contribution in [0.4, 0.5) is 4.39 Å². The largest absolute Gasteiger partial charge is 0.337 e. The predicted molar refractivity (Wildman–Crippen MR) is 60.7 cm³/mol. The number of carbonyl (C=O) groups excluding carboxylic acids is 1. The molecule has 0 fully saturated rings. The minimum Gasteiger partial charge on any atom is -0.337 e. The summed E-state index contributed by atoms with van der Waals surface area (Å²) in [6, 6.07) is 4.44. The highest BCUT2D eigenvalue weighted by atomic mass is 19.1. The molecule has 0 N–H and O–H groups in total. The van der Waals surface area contributed by atoms with E-state index in [4.69, 9.17) is 0 Å². The van der Waals surface area contributed by atoms with Crippen molar-refractivity contribution < 1.29 is 9.18 Å². The zero-order chi connectivity index (χ0) is 12.1. The van der Waals surface area contributed by atoms with Gasteiger partial charge in [-0.1, -0.05) is 19.9 Å². The SMILES string of the molecule is CCC(CC)N(C)C(=O)c1cccc(F)n1. The summed E-state index contributed by atoms with van der Waals surface area (Å²) >= 11 is 0. The second-order valence-corrected chi connectivity index (χ2v) is 3.73. The van der Waals surface area contributed by atoms with Crippen LogP contribution in [0.2, 0.25) is 0 Å². The average molecular weight is 224 g/mol. The van der Waals surface area contributed by atoms with Gasteiger partial charge in [0, 0.05) is 13.1 Å². The first-order valence-electron chi connectivity index (χ1n) is 5.49. The number of halogens is 1. The molecule has 4 heteroatoms. The van der Waals surface area contributed by atoms with Crippen molar-refractivity contribution in [1.29, 1.82) is 0 Å². The van der Waals surface area contributed by atoms with E-state index in [1.54, 1.807) is 11.9 Å². The summed E-state index contributed by atoms with van der Waals surface area (Å²) < 4.78 is 12.9. The summed E-state index contributed by atoms with van der Waals surface area (Å²) in [5, 5.41) is 0. The smallest absolute Gasteiger partial charge is 0.272 e. The molecule has 0 aliphatic carbocycles. The first-order chi connectivity index (χ1) is 7.60. The summed E-state index contributed by atoms with van der Waals surface area (Å²) in [5.41, 5.74) is 0.161. The van der Waals surface area contributed by atoms with E-state index < -0.39 is 5.95 Å². The molecule has 0 radical (unpaired) electrons. The number of carbonyl (C=O) groups is 1. The monoisotopic (exact) mass is 224 g/mol. The van der Waals surface area contributed by atoms with Crippen LogP contribution in [0.15, 0.2) is 18.2 Å². The number of amides is 1. The van der Waals surface area contributed by atoms with Crippen LogP contribution in [-0.2, 0) is 0 Å². The van der Waals surface area contributed by atoms with Crippen molar-refractivity contribution in [1.82, 2.24) is 9.88 Å². The van der Waals surface area contributed by atoms with Gasteiger partial charge in [-0.2, -0.15) is 4.39 Å². The summed E-state index contributed by atoms with van der Waals surface area (Å²) in [5.74, 6) is -0.850. The fourth-order valence-corrected chi connectivity index (χ4v) is 1.71. The number of hydrogen-bond donors (Lipinski definition) is 0. The minimum atomic E-state index is -0.621. The van der Waals surface area contributed by atoms with Crippen molar-refractivity contribution in [3.8, 4) is 0 Å². The minimum absolute atomic E-state index is 0.161. The summed E-state index contributed by atoms with van der Waals surface area (Å²) in [4.78, 5) is 17.2. The number of hydrogen-bond acceptors (Lipinski definition) is 2. The maximum Gasteiger partial charge on any atom is 0.272 e. The molecule has 0 aliphatic heterocycles. The van der Waals surface area contributed by atoms with E-state index in [0.717, 1.165) is 12.8 Å². The third-order valence-corrected chi connectivity index (χ3v) is 2.74. The molecule has 1 heterocycles. The summed E-state index contributed by atoms with van der Waals surface area (Å²) in [7, 11) is 1.73. The predicted octanol–water partition coefficient (Wildman–Crippen LogP) is 2.48. The Morgan fingerprint density at radius 3 is 2.56 bits per heavy atom. The Kier molecular flexibility index (Phi) is 4.40. The molecular weight excluding hydrogens is 207 g/mol. The van der Waals surface area contributed by atoms with Gasteiger partial charge >= 0.3 is 0 Å². The first-order valence-corrected chi connectivity index (χ1v) is 5.49. The molecule has 0 unspecified atom stereocenters. The van der Waals surface area contributed by atoms with Crippen molar-refractivity contribution in [2.45, 2.75) is 32.7 Å². The van der Waals surface area contributed by atoms with E-state index >= 15 is 0 Å². The molecule has 1 aromatic heterocycles. The van der Waals surface area contributed by atoms with Gasteiger partial charge in [-0.05, 0) is 25.0 Å². The molecule has 88 valence electrons. The molecule has 0 bridgehead atoms. The van der Waals surface area contributed by atoms with E-state index in [1.807, 2.05) is 13.8 Å². The van der Waals surface area contributed by atoms with Crippen LogP contribution in [0.1, 0.15) is 37.2 Å². The Balaban J connectivity index is 2.85. The van der Waals surface area contributed by atoms with Crippen molar-refractivity contribution in [2.24, 2.45) is 0 Å². The second kappa shape index (κ2) is 5.58. The highest BCUT2D eigenvalue weighted by Crippen LogP contribution is 2.10. The first kappa shape index (κ1) is 12.6. The van der Waals surface area contributed by atoms with Crippen LogP contribution in [0.3, 0.4) is 0 Å². The standard InChI is InChI=1S/C12H17FN2O/c1-4-9(5-2)15(3)12(16)10-7-6-8-11(13)14-10/h6-9H,4-5H2,1-3H3. The lowest BCUT2D eigenvalue weighted by Crippen LogP contribution is -2.36. The van der Waals surface area contributed by atoms with Gasteiger partial charge in [0.25, 0.3) is 5.91 Å². The molecule has 0 aromatic carbocycles. The number of nitrogens with zero attached hydrogens (tertiary/aromatic N) is 2. The molecule has 1 rings (SSSR count). The quantitative estimate of drug-likeness (QED) is 0.736. The average Bonchev–Trinajstić information content (AvgIpc) is 2.29. The van der Waals surface area contributed by atoms with Crippen molar-refractivity contribution in [3.63, 3.8) is 0 Å². The third-order valence-electron chi connectivity index (χ3n) is 2.74. The van der Waals surface area contributed by atoms with Gasteiger partial charge < -0.3 is 4.90 Å². The highest BCUT2D eigenvalue weighted by Gasteiger charge is 2.19. The van der Waals surface area contributed by atoms with E-state index in [-0.39, 0.29) is 17.6 Å². The summed E-state index contributed by atoms with van der Waals surface area (Å²) in [6.07, 6.45) is 1.77. The van der Waals surface area contributed by atoms with Gasteiger partial charge in [0.1, 0.15) is 5.69 Å². The second-order valence-electron chi connectivity index (χ2n) is 3.73. The van der Waals surface area contributed by atoms with Crippen molar-refractivity contribution >= 4 is 5.91 Å². The maximum atomic E-state index is 12.9. The summed E-state index contributed by atoms with van der Waals surface area (Å²) in [6.45, 7) is 4.05. The van der Waals surface area contributed by atoms with E-state index in [1.165, 1.54) is 18.2 Å². The molecule has 0 atom stereocenters. The molecular formula is C12H17FN2O. The molecule has 1 aromatic rings. The van der Waals surface area contributed by atoms with Gasteiger partial charge in [-0.3, -0.25) is 4.79 Å². The molecule has 0 saturated carbocycles. The molecule has 0 aliphatic rings. The third kappa shape index (κ3) is 2.78. The van der Waals surface area contributed by atoms with Crippen LogP contribution < -0.4 is 0 Å². The van der Waals surface area contributed by atoms with Crippen molar-refractivity contribution in [3.05, 3.63) is 29.8 Å². The number of pyridine rings is 1. The Bertz CT molecular complexity index is 364. The van der Waals surface area contributed by atoms with Gasteiger partial charge in [0.15, 0.2) is 0 Å². The lowest BCUT2D eigenvalue weighted by molar-refractivity contribution is 0.0716. The molecule has 16 heavy (non-hydrogen) atoms. The topological polar surface area (TPSA) is 33.2 Å². The molecule has 0 saturated heterocycles. The van der Waals surface area contributed by atoms with Gasteiger partial charge in [0.2, 0.25) is 5.95 Å². The Hall–Kier alpha value is -1.45. The zero-order valence-electron chi connectivity index (χ0n) is 9.90. The molecule has 0 spiro atoms. The van der Waals surface area contributed by atoms with Crippen LogP contribution in [-0.4, -0.2) is 28.9 Å². The van der Waals surface area contributed by atoms with Crippen molar-refractivity contribution in [2.75, 3.05) is 7.05 Å². The molecule has 3 nitrogen and oxygen atoms in total. The fourth-order valence-electron chi connectivity index (χ4n) is 1.71. The molecule has 1 amide bonds. The van der Waals surface area contributed by atoms with Gasteiger partial charge in [-0.15, -0.1) is 0 Å². The van der Waals surface area contributed by atoms with Gasteiger partial charge in [-0.25, -0.2) is 4.98 Å². The van der Waals surface area contributed by atoms with Gasteiger partial charge in [0.05, 0.1) is 0 Å².